The van der Waals surface area contributed by atoms with Crippen LogP contribution in [-0.2, 0) is 9.53 Å². The van der Waals surface area contributed by atoms with Gasteiger partial charge in [-0.15, -0.1) is 0 Å². The molecular weight excluding hydrogens is 298 g/mol. The van der Waals surface area contributed by atoms with Crippen molar-refractivity contribution in [2.24, 2.45) is 5.41 Å². The maximum Gasteiger partial charge on any atom is 0.414 e. The standard InChI is InChI=1S/C16H23N3O4/c1-16(2,3)14(20)18-11-5-4-6-12(9-11)23-15(21)19-13-10-17-7-8-22-13/h4-6,9,13,17H,7-8,10H2,1-3H3,(H,18,20)(H,19,21). The molecule has 7 heteroatoms. The van der Waals surface area contributed by atoms with Gasteiger partial charge in [-0.25, -0.2) is 4.79 Å². The van der Waals surface area contributed by atoms with Crippen molar-refractivity contribution in [1.82, 2.24) is 10.6 Å². The molecule has 0 saturated carbocycles. The first-order valence-electron chi connectivity index (χ1n) is 7.57. The van der Waals surface area contributed by atoms with E-state index in [0.29, 0.717) is 24.6 Å². The molecule has 1 aromatic carbocycles. The summed E-state index contributed by atoms with van der Waals surface area (Å²) in [5.41, 5.74) is 0.0744. The van der Waals surface area contributed by atoms with E-state index < -0.39 is 17.7 Å². The molecule has 1 aliphatic heterocycles. The number of carbonyl (C=O) groups is 2. The molecule has 0 spiro atoms. The highest BCUT2D eigenvalue weighted by Crippen LogP contribution is 2.21. The van der Waals surface area contributed by atoms with E-state index in [9.17, 15) is 9.59 Å². The first kappa shape index (κ1) is 17.2. The molecule has 1 unspecified atom stereocenters. The largest absolute Gasteiger partial charge is 0.414 e. The molecule has 7 nitrogen and oxygen atoms in total. The van der Waals surface area contributed by atoms with Gasteiger partial charge in [0.15, 0.2) is 0 Å². The highest BCUT2D eigenvalue weighted by Gasteiger charge is 2.21. The second-order valence-electron chi connectivity index (χ2n) is 6.33. The number of rotatable bonds is 3. The Bertz CT molecular complexity index is 563. The number of benzene rings is 1. The zero-order chi connectivity index (χ0) is 16.9. The molecule has 1 saturated heterocycles. The SMILES string of the molecule is CC(C)(C)C(=O)Nc1cccc(OC(=O)NC2CNCCO2)c1. The Morgan fingerprint density at radius 2 is 2.13 bits per heavy atom. The molecule has 0 bridgehead atoms. The lowest BCUT2D eigenvalue weighted by atomic mass is 9.95. The van der Waals surface area contributed by atoms with Crippen LogP contribution in [0.5, 0.6) is 5.75 Å². The lowest BCUT2D eigenvalue weighted by Crippen LogP contribution is -2.49. The Morgan fingerprint density at radius 3 is 2.78 bits per heavy atom. The molecule has 1 atom stereocenters. The number of hydrogen-bond donors (Lipinski definition) is 3. The van der Waals surface area contributed by atoms with Crippen LogP contribution in [0, 0.1) is 5.41 Å². The average Bonchev–Trinajstić information content (AvgIpc) is 2.47. The third-order valence-corrected chi connectivity index (χ3v) is 3.19. The van der Waals surface area contributed by atoms with E-state index in [1.807, 2.05) is 20.8 Å². The minimum Gasteiger partial charge on any atom is -0.410 e. The summed E-state index contributed by atoms with van der Waals surface area (Å²) in [6.07, 6.45) is -1.00. The Balaban J connectivity index is 1.91. The average molecular weight is 321 g/mol. The summed E-state index contributed by atoms with van der Waals surface area (Å²) in [5.74, 6) is 0.235. The van der Waals surface area contributed by atoms with Gasteiger partial charge in [0.05, 0.1) is 6.61 Å². The van der Waals surface area contributed by atoms with Gasteiger partial charge < -0.3 is 20.1 Å². The molecule has 1 fully saturated rings. The van der Waals surface area contributed by atoms with Crippen LogP contribution in [0.3, 0.4) is 0 Å². The first-order valence-corrected chi connectivity index (χ1v) is 7.57. The minimum absolute atomic E-state index is 0.110. The van der Waals surface area contributed by atoms with Gasteiger partial charge >= 0.3 is 6.09 Å². The molecule has 0 aromatic heterocycles. The third kappa shape index (κ3) is 5.54. The van der Waals surface area contributed by atoms with E-state index in [-0.39, 0.29) is 5.91 Å². The van der Waals surface area contributed by atoms with Crippen LogP contribution in [0.4, 0.5) is 10.5 Å². The summed E-state index contributed by atoms with van der Waals surface area (Å²) in [4.78, 5) is 23.8. The van der Waals surface area contributed by atoms with Gasteiger partial charge in [-0.2, -0.15) is 0 Å². The van der Waals surface area contributed by atoms with Crippen molar-refractivity contribution < 1.29 is 19.1 Å². The van der Waals surface area contributed by atoms with E-state index in [2.05, 4.69) is 16.0 Å². The second-order valence-corrected chi connectivity index (χ2v) is 6.33. The van der Waals surface area contributed by atoms with Crippen LogP contribution in [0.25, 0.3) is 0 Å². The van der Waals surface area contributed by atoms with Crippen molar-refractivity contribution in [1.29, 1.82) is 0 Å². The third-order valence-electron chi connectivity index (χ3n) is 3.19. The van der Waals surface area contributed by atoms with Crippen molar-refractivity contribution in [2.75, 3.05) is 25.0 Å². The molecule has 2 rings (SSSR count). The molecule has 3 N–H and O–H groups in total. The fourth-order valence-electron chi connectivity index (χ4n) is 1.88. The van der Waals surface area contributed by atoms with Crippen LogP contribution in [0.1, 0.15) is 20.8 Å². The number of amides is 2. The van der Waals surface area contributed by atoms with E-state index in [1.165, 1.54) is 0 Å². The van der Waals surface area contributed by atoms with E-state index in [1.54, 1.807) is 24.3 Å². The van der Waals surface area contributed by atoms with Crippen molar-refractivity contribution in [3.05, 3.63) is 24.3 Å². The van der Waals surface area contributed by atoms with Crippen LogP contribution >= 0.6 is 0 Å². The summed E-state index contributed by atoms with van der Waals surface area (Å²) in [6, 6.07) is 6.69. The van der Waals surface area contributed by atoms with Gasteiger partial charge in [0.25, 0.3) is 0 Å². The van der Waals surface area contributed by atoms with Crippen LogP contribution < -0.4 is 20.7 Å². The van der Waals surface area contributed by atoms with Gasteiger partial charge in [0, 0.05) is 30.3 Å². The second kappa shape index (κ2) is 7.43. The molecule has 1 aliphatic rings. The predicted octanol–water partition coefficient (Wildman–Crippen LogP) is 1.71. The summed E-state index contributed by atoms with van der Waals surface area (Å²) in [7, 11) is 0. The quantitative estimate of drug-likeness (QED) is 0.788. The summed E-state index contributed by atoms with van der Waals surface area (Å²) in [6.45, 7) is 7.33. The van der Waals surface area contributed by atoms with Gasteiger partial charge in [-0.05, 0) is 12.1 Å². The summed E-state index contributed by atoms with van der Waals surface area (Å²) in [5, 5.41) is 8.52. The van der Waals surface area contributed by atoms with Crippen molar-refractivity contribution in [2.45, 2.75) is 27.0 Å². The Kier molecular flexibility index (Phi) is 5.57. The minimum atomic E-state index is -0.599. The highest BCUT2D eigenvalue weighted by atomic mass is 16.6. The number of hydrogen-bond acceptors (Lipinski definition) is 5. The highest BCUT2D eigenvalue weighted by molar-refractivity contribution is 5.94. The van der Waals surface area contributed by atoms with Crippen LogP contribution in [0.2, 0.25) is 0 Å². The Hall–Kier alpha value is -2.12. The fourth-order valence-corrected chi connectivity index (χ4v) is 1.88. The number of carbonyl (C=O) groups excluding carboxylic acids is 2. The monoisotopic (exact) mass is 321 g/mol. The van der Waals surface area contributed by atoms with E-state index >= 15 is 0 Å². The summed E-state index contributed by atoms with van der Waals surface area (Å²) < 4.78 is 10.6. The molecule has 23 heavy (non-hydrogen) atoms. The van der Waals surface area contributed by atoms with Gasteiger partial charge in [0.1, 0.15) is 12.0 Å². The molecule has 2 amide bonds. The predicted molar refractivity (Wildman–Crippen MR) is 86.3 cm³/mol. The molecule has 126 valence electrons. The number of anilines is 1. The first-order chi connectivity index (χ1) is 10.8. The van der Waals surface area contributed by atoms with Gasteiger partial charge in [-0.1, -0.05) is 26.8 Å². The van der Waals surface area contributed by atoms with E-state index in [4.69, 9.17) is 9.47 Å². The van der Waals surface area contributed by atoms with Crippen molar-refractivity contribution >= 4 is 17.7 Å². The molecule has 0 radical (unpaired) electrons. The van der Waals surface area contributed by atoms with Crippen LogP contribution in [0.15, 0.2) is 24.3 Å². The lowest BCUT2D eigenvalue weighted by Gasteiger charge is -2.24. The van der Waals surface area contributed by atoms with Crippen molar-refractivity contribution in [3.8, 4) is 5.75 Å². The number of morpholine rings is 1. The van der Waals surface area contributed by atoms with Gasteiger partial charge in [0.2, 0.25) is 5.91 Å². The number of nitrogens with one attached hydrogen (secondary N) is 3. The van der Waals surface area contributed by atoms with Crippen LogP contribution in [-0.4, -0.2) is 37.9 Å². The topological polar surface area (TPSA) is 88.7 Å². The molecular formula is C16H23N3O4. The summed E-state index contributed by atoms with van der Waals surface area (Å²) >= 11 is 0. The smallest absolute Gasteiger partial charge is 0.410 e. The lowest BCUT2D eigenvalue weighted by molar-refractivity contribution is -0.123. The fraction of sp³-hybridized carbons (Fsp3) is 0.500. The van der Waals surface area contributed by atoms with Crippen molar-refractivity contribution in [3.63, 3.8) is 0 Å². The maximum atomic E-state index is 12.0. The molecule has 1 aromatic rings. The number of ether oxygens (including phenoxy) is 2. The Labute approximate surface area is 135 Å². The maximum absolute atomic E-state index is 12.0. The zero-order valence-electron chi connectivity index (χ0n) is 13.6. The van der Waals surface area contributed by atoms with E-state index in [0.717, 1.165) is 6.54 Å². The zero-order valence-corrected chi connectivity index (χ0v) is 13.6. The Morgan fingerprint density at radius 1 is 1.35 bits per heavy atom. The molecule has 1 heterocycles. The van der Waals surface area contributed by atoms with Gasteiger partial charge in [-0.3, -0.25) is 10.1 Å². The normalized spacial score (nSPS) is 18.1. The molecule has 0 aliphatic carbocycles.